The normalized spacial score (nSPS) is 23.7. The summed E-state index contributed by atoms with van der Waals surface area (Å²) in [4.78, 5) is 0. The lowest BCUT2D eigenvalue weighted by atomic mass is 10.3. The van der Waals surface area contributed by atoms with Crippen molar-refractivity contribution in [1.82, 2.24) is 0 Å². The van der Waals surface area contributed by atoms with E-state index in [1.165, 1.54) is 0 Å². The fraction of sp³-hybridized carbons (Fsp3) is 0.500. The van der Waals surface area contributed by atoms with Gasteiger partial charge in [-0.2, -0.15) is 0 Å². The minimum Gasteiger partial charge on any atom is -0.485 e. The molecule has 0 amide bonds. The van der Waals surface area contributed by atoms with E-state index in [1.54, 1.807) is 11.3 Å². The molecule has 0 aromatic carbocycles. The van der Waals surface area contributed by atoms with E-state index in [9.17, 15) is 0 Å². The molecule has 2 unspecified atom stereocenters. The van der Waals surface area contributed by atoms with Crippen LogP contribution in [0.3, 0.4) is 0 Å². The van der Waals surface area contributed by atoms with Gasteiger partial charge in [-0.15, -0.1) is 11.3 Å². The molecule has 0 radical (unpaired) electrons. The molecule has 0 saturated heterocycles. The average Bonchev–Trinajstić information content (AvgIpc) is 2.49. The Morgan fingerprint density at radius 3 is 3.08 bits per heavy atom. The Labute approximate surface area is 89.0 Å². The van der Waals surface area contributed by atoms with Crippen molar-refractivity contribution in [3.8, 4) is 11.5 Å². The summed E-state index contributed by atoms with van der Waals surface area (Å²) in [6.07, 6.45) is 0.202. The Kier molecular flexibility index (Phi) is 2.45. The minimum atomic E-state index is 0.202. The van der Waals surface area contributed by atoms with Crippen molar-refractivity contribution in [2.45, 2.75) is 17.0 Å². The van der Waals surface area contributed by atoms with Gasteiger partial charge in [0, 0.05) is 14.7 Å². The van der Waals surface area contributed by atoms with Crippen LogP contribution in [0.1, 0.15) is 6.92 Å². The molecule has 66 valence electrons. The molecule has 12 heavy (non-hydrogen) atoms. The maximum absolute atomic E-state index is 5.71. The van der Waals surface area contributed by atoms with E-state index in [1.807, 2.05) is 10.8 Å². The van der Waals surface area contributed by atoms with Gasteiger partial charge in [-0.1, -0.05) is 22.6 Å². The minimum absolute atomic E-state index is 0.202. The number of thiophene rings is 1. The van der Waals surface area contributed by atoms with Gasteiger partial charge in [0.25, 0.3) is 0 Å². The number of hydrogen-bond acceptors (Lipinski definition) is 3. The molecule has 4 heteroatoms. The zero-order valence-corrected chi connectivity index (χ0v) is 9.59. The van der Waals surface area contributed by atoms with E-state index in [2.05, 4.69) is 29.5 Å². The molecule has 2 heterocycles. The number of fused-ring (bicyclic) bond motifs is 1. The summed E-state index contributed by atoms with van der Waals surface area (Å²) in [6, 6.07) is 0. The quantitative estimate of drug-likeness (QED) is 0.586. The fourth-order valence-electron chi connectivity index (χ4n) is 1.06. The highest BCUT2D eigenvalue weighted by Crippen LogP contribution is 2.36. The van der Waals surface area contributed by atoms with E-state index in [4.69, 9.17) is 9.47 Å². The van der Waals surface area contributed by atoms with Crippen LogP contribution in [0.2, 0.25) is 0 Å². The van der Waals surface area contributed by atoms with Crippen LogP contribution in [0.5, 0.6) is 11.5 Å². The molecule has 2 nitrogen and oxygen atoms in total. The summed E-state index contributed by atoms with van der Waals surface area (Å²) < 4.78 is 11.7. The van der Waals surface area contributed by atoms with Gasteiger partial charge in [-0.3, -0.25) is 0 Å². The highest BCUT2D eigenvalue weighted by molar-refractivity contribution is 14.1. The summed E-state index contributed by atoms with van der Waals surface area (Å²) in [5.41, 5.74) is 0. The topological polar surface area (TPSA) is 18.5 Å². The van der Waals surface area contributed by atoms with Crippen molar-refractivity contribution in [1.29, 1.82) is 0 Å². The number of alkyl halides is 1. The third-order valence-corrected chi connectivity index (χ3v) is 3.29. The number of hydrogen-bond donors (Lipinski definition) is 0. The lowest BCUT2D eigenvalue weighted by molar-refractivity contribution is 0.0965. The zero-order valence-electron chi connectivity index (χ0n) is 6.62. The molecular weight excluding hydrogens is 287 g/mol. The molecule has 2 rings (SSSR count). The van der Waals surface area contributed by atoms with E-state index in [0.29, 0.717) is 10.5 Å². The van der Waals surface area contributed by atoms with Gasteiger partial charge >= 0.3 is 0 Å². The van der Waals surface area contributed by atoms with Crippen LogP contribution >= 0.6 is 33.9 Å². The Morgan fingerprint density at radius 2 is 2.33 bits per heavy atom. The SMILES string of the molecule is CC(I)C1COc2cscc2O1. The molecule has 0 aliphatic carbocycles. The van der Waals surface area contributed by atoms with Gasteiger partial charge in [0.05, 0.1) is 0 Å². The van der Waals surface area contributed by atoms with Gasteiger partial charge in [-0.05, 0) is 6.92 Å². The van der Waals surface area contributed by atoms with Crippen molar-refractivity contribution in [3.05, 3.63) is 10.8 Å². The molecule has 1 aliphatic rings. The fourth-order valence-corrected chi connectivity index (χ4v) is 2.09. The Bertz CT molecular complexity index is 272. The number of rotatable bonds is 1. The second kappa shape index (κ2) is 3.41. The number of ether oxygens (including phenoxy) is 2. The summed E-state index contributed by atoms with van der Waals surface area (Å²) in [6.45, 7) is 2.81. The highest BCUT2D eigenvalue weighted by atomic mass is 127. The summed E-state index contributed by atoms with van der Waals surface area (Å²) in [5.74, 6) is 1.80. The van der Waals surface area contributed by atoms with Crippen LogP contribution in [0.4, 0.5) is 0 Å². The molecule has 1 aromatic rings. The summed E-state index contributed by atoms with van der Waals surface area (Å²) >= 11 is 3.97. The first-order valence-electron chi connectivity index (χ1n) is 3.77. The van der Waals surface area contributed by atoms with E-state index in [-0.39, 0.29) is 6.10 Å². The highest BCUT2D eigenvalue weighted by Gasteiger charge is 2.24. The maximum Gasteiger partial charge on any atom is 0.172 e. The van der Waals surface area contributed by atoms with Crippen molar-refractivity contribution in [2.75, 3.05) is 6.61 Å². The van der Waals surface area contributed by atoms with Crippen molar-refractivity contribution in [2.24, 2.45) is 0 Å². The lowest BCUT2D eigenvalue weighted by Gasteiger charge is -2.26. The van der Waals surface area contributed by atoms with Crippen LogP contribution < -0.4 is 9.47 Å². The smallest absolute Gasteiger partial charge is 0.172 e. The molecule has 0 N–H and O–H groups in total. The standard InChI is InChI=1S/C8H9IO2S/c1-5(9)6-2-10-7-3-12-4-8(7)11-6/h3-6H,2H2,1H3. The lowest BCUT2D eigenvalue weighted by Crippen LogP contribution is -2.34. The Morgan fingerprint density at radius 1 is 1.58 bits per heavy atom. The predicted octanol–water partition coefficient (Wildman–Crippen LogP) is 2.71. The molecule has 1 aromatic heterocycles. The van der Waals surface area contributed by atoms with E-state index >= 15 is 0 Å². The monoisotopic (exact) mass is 296 g/mol. The summed E-state index contributed by atoms with van der Waals surface area (Å²) in [5, 5.41) is 3.96. The van der Waals surface area contributed by atoms with Crippen LogP contribution in [-0.4, -0.2) is 16.6 Å². The Hall–Kier alpha value is 0.0300. The molecule has 2 atom stereocenters. The van der Waals surface area contributed by atoms with Crippen molar-refractivity contribution < 1.29 is 9.47 Å². The second-order valence-corrected chi connectivity index (χ2v) is 5.45. The number of halogens is 1. The largest absolute Gasteiger partial charge is 0.485 e. The van der Waals surface area contributed by atoms with Crippen molar-refractivity contribution in [3.63, 3.8) is 0 Å². The Balaban J connectivity index is 2.15. The third-order valence-electron chi connectivity index (χ3n) is 1.79. The molecular formula is C8H9IO2S. The molecule has 0 spiro atoms. The first-order valence-corrected chi connectivity index (χ1v) is 5.96. The predicted molar refractivity (Wildman–Crippen MR) is 57.7 cm³/mol. The van der Waals surface area contributed by atoms with Gasteiger partial charge < -0.3 is 9.47 Å². The van der Waals surface area contributed by atoms with Crippen molar-refractivity contribution >= 4 is 33.9 Å². The van der Waals surface area contributed by atoms with Gasteiger partial charge in [-0.25, -0.2) is 0 Å². The van der Waals surface area contributed by atoms with Gasteiger partial charge in [0.15, 0.2) is 11.5 Å². The van der Waals surface area contributed by atoms with Crippen LogP contribution in [0.25, 0.3) is 0 Å². The average molecular weight is 296 g/mol. The first kappa shape index (κ1) is 8.62. The van der Waals surface area contributed by atoms with Crippen LogP contribution in [0, 0.1) is 0 Å². The van der Waals surface area contributed by atoms with E-state index in [0.717, 1.165) is 11.5 Å². The van der Waals surface area contributed by atoms with Gasteiger partial charge in [0.1, 0.15) is 12.7 Å². The first-order chi connectivity index (χ1) is 5.77. The van der Waals surface area contributed by atoms with E-state index < -0.39 is 0 Å². The van der Waals surface area contributed by atoms with Gasteiger partial charge in [0.2, 0.25) is 0 Å². The second-order valence-electron chi connectivity index (χ2n) is 2.75. The van der Waals surface area contributed by atoms with Crippen LogP contribution in [-0.2, 0) is 0 Å². The maximum atomic E-state index is 5.71. The molecule has 1 aliphatic heterocycles. The summed E-state index contributed by atoms with van der Waals surface area (Å²) in [7, 11) is 0. The molecule has 0 fully saturated rings. The molecule has 0 bridgehead atoms. The molecule has 0 saturated carbocycles. The van der Waals surface area contributed by atoms with Crippen LogP contribution in [0.15, 0.2) is 10.8 Å². The zero-order chi connectivity index (χ0) is 8.55. The third kappa shape index (κ3) is 1.54.